The maximum atomic E-state index is 5.40. The number of nitrogens with zero attached hydrogens (tertiary/aromatic N) is 1. The largest absolute Gasteiger partial charge is 0.345 e. The molecule has 3 nitrogen and oxygen atoms in total. The predicted octanol–water partition coefficient (Wildman–Crippen LogP) is 0.821. The fourth-order valence-electron chi connectivity index (χ4n) is 1.45. The highest BCUT2D eigenvalue weighted by molar-refractivity contribution is 6.69. The van der Waals surface area contributed by atoms with Crippen molar-refractivity contribution in [3.05, 3.63) is 23.9 Å². The molecule has 76 valence electrons. The van der Waals surface area contributed by atoms with Crippen LogP contribution in [0.1, 0.15) is 12.0 Å². The summed E-state index contributed by atoms with van der Waals surface area (Å²) >= 11 is 0. The molecule has 0 aromatic carbocycles. The van der Waals surface area contributed by atoms with E-state index in [1.165, 1.54) is 5.32 Å². The van der Waals surface area contributed by atoms with Gasteiger partial charge in [-0.05, 0) is 12.1 Å². The summed E-state index contributed by atoms with van der Waals surface area (Å²) in [6.45, 7) is 5.89. The Morgan fingerprint density at radius 2 is 2.00 bits per heavy atom. The van der Waals surface area contributed by atoms with Gasteiger partial charge in [-0.1, -0.05) is 19.2 Å². The van der Waals surface area contributed by atoms with Gasteiger partial charge < -0.3 is 9.47 Å². The van der Waals surface area contributed by atoms with Gasteiger partial charge in [-0.25, -0.2) is 0 Å². The van der Waals surface area contributed by atoms with Gasteiger partial charge in [0.05, 0.1) is 27.7 Å². The van der Waals surface area contributed by atoms with Crippen LogP contribution in [0.3, 0.4) is 0 Å². The minimum atomic E-state index is -0.822. The lowest BCUT2D eigenvalue weighted by molar-refractivity contribution is -0.0471. The van der Waals surface area contributed by atoms with E-state index in [4.69, 9.17) is 9.47 Å². The van der Waals surface area contributed by atoms with Crippen LogP contribution in [0, 0.1) is 0 Å². The number of hydrogen-bond acceptors (Lipinski definition) is 3. The van der Waals surface area contributed by atoms with Gasteiger partial charge in [-0.2, -0.15) is 0 Å². The molecule has 0 N–H and O–H groups in total. The van der Waals surface area contributed by atoms with Crippen LogP contribution in [0.25, 0.3) is 0 Å². The van der Waals surface area contributed by atoms with Crippen molar-refractivity contribution in [3.8, 4) is 0 Å². The molecule has 2 heterocycles. The Bertz CT molecular complexity index is 311. The maximum absolute atomic E-state index is 5.40. The van der Waals surface area contributed by atoms with Crippen molar-refractivity contribution in [2.75, 3.05) is 13.2 Å². The molecule has 14 heavy (non-hydrogen) atoms. The summed E-state index contributed by atoms with van der Waals surface area (Å²) in [6, 6.07) is 6.10. The molecule has 0 atom stereocenters. The van der Waals surface area contributed by atoms with E-state index in [0.717, 1.165) is 5.69 Å². The van der Waals surface area contributed by atoms with Crippen molar-refractivity contribution in [3.63, 3.8) is 0 Å². The topological polar surface area (TPSA) is 31.4 Å². The average molecular weight is 209 g/mol. The van der Waals surface area contributed by atoms with Crippen molar-refractivity contribution in [2.45, 2.75) is 19.4 Å². The van der Waals surface area contributed by atoms with Gasteiger partial charge in [0.25, 0.3) is 0 Å². The van der Waals surface area contributed by atoms with E-state index >= 15 is 0 Å². The zero-order valence-electron chi connectivity index (χ0n) is 8.56. The highest BCUT2D eigenvalue weighted by Gasteiger charge is 2.19. The summed E-state index contributed by atoms with van der Waals surface area (Å²) in [6.07, 6.45) is -0.234. The van der Waals surface area contributed by atoms with E-state index in [-0.39, 0.29) is 6.29 Å². The van der Waals surface area contributed by atoms with Crippen molar-refractivity contribution in [2.24, 2.45) is 0 Å². The van der Waals surface area contributed by atoms with Gasteiger partial charge in [0.15, 0.2) is 0 Å². The second kappa shape index (κ2) is 4.21. The number of aromatic nitrogens is 1. The van der Waals surface area contributed by atoms with E-state index in [0.29, 0.717) is 13.2 Å². The number of pyridine rings is 1. The van der Waals surface area contributed by atoms with Gasteiger partial charge in [-0.3, -0.25) is 4.98 Å². The van der Waals surface area contributed by atoms with Crippen LogP contribution in [-0.2, 0) is 9.47 Å². The Morgan fingerprint density at radius 1 is 1.29 bits per heavy atom. The fraction of sp³-hybridized carbons (Fsp3) is 0.500. The Labute approximate surface area is 85.7 Å². The maximum Gasteiger partial charge on any atom is 0.201 e. The zero-order valence-corrected chi connectivity index (χ0v) is 9.72. The average Bonchev–Trinajstić information content (AvgIpc) is 2.71. The van der Waals surface area contributed by atoms with Gasteiger partial charge in [0.2, 0.25) is 6.29 Å². The highest BCUT2D eigenvalue weighted by atomic mass is 28.3. The lowest BCUT2D eigenvalue weighted by atomic mass is 10.3. The third kappa shape index (κ3) is 2.02. The first-order valence-corrected chi connectivity index (χ1v) is 7.86. The SMILES string of the molecule is C[SiH](C)c1cccc(C2OCCO2)n1. The Hall–Kier alpha value is -0.713. The number of hydrogen-bond donors (Lipinski definition) is 0. The summed E-state index contributed by atoms with van der Waals surface area (Å²) in [5.41, 5.74) is 0.918. The summed E-state index contributed by atoms with van der Waals surface area (Å²) < 4.78 is 10.8. The summed E-state index contributed by atoms with van der Waals surface area (Å²) in [4.78, 5) is 4.57. The van der Waals surface area contributed by atoms with E-state index < -0.39 is 8.80 Å². The lowest BCUT2D eigenvalue weighted by Gasteiger charge is -2.10. The third-order valence-corrected chi connectivity index (χ3v) is 3.75. The minimum absolute atomic E-state index is 0.234. The fourth-order valence-corrected chi connectivity index (χ4v) is 2.35. The molecule has 1 fully saturated rings. The van der Waals surface area contributed by atoms with Crippen LogP contribution in [0.5, 0.6) is 0 Å². The zero-order chi connectivity index (χ0) is 9.97. The molecule has 0 bridgehead atoms. The van der Waals surface area contributed by atoms with Crippen molar-refractivity contribution >= 4 is 14.1 Å². The van der Waals surface area contributed by atoms with Gasteiger partial charge >= 0.3 is 0 Å². The molecule has 0 radical (unpaired) electrons. The van der Waals surface area contributed by atoms with Crippen molar-refractivity contribution < 1.29 is 9.47 Å². The summed E-state index contributed by atoms with van der Waals surface area (Å²) in [5.74, 6) is 0. The molecule has 1 aromatic heterocycles. The molecule has 0 unspecified atom stereocenters. The van der Waals surface area contributed by atoms with Crippen LogP contribution >= 0.6 is 0 Å². The smallest absolute Gasteiger partial charge is 0.201 e. The van der Waals surface area contributed by atoms with Crippen molar-refractivity contribution in [1.82, 2.24) is 4.98 Å². The molecule has 1 aliphatic heterocycles. The molecule has 1 aromatic rings. The minimum Gasteiger partial charge on any atom is -0.345 e. The Kier molecular flexibility index (Phi) is 2.95. The van der Waals surface area contributed by atoms with E-state index in [1.807, 2.05) is 12.1 Å². The summed E-state index contributed by atoms with van der Waals surface area (Å²) in [7, 11) is -0.822. The van der Waals surface area contributed by atoms with Crippen LogP contribution in [0.4, 0.5) is 0 Å². The summed E-state index contributed by atoms with van der Waals surface area (Å²) in [5, 5.41) is 1.22. The van der Waals surface area contributed by atoms with Crippen LogP contribution in [0.2, 0.25) is 13.1 Å². The Balaban J connectivity index is 2.21. The molecule has 2 rings (SSSR count). The molecule has 0 saturated carbocycles. The third-order valence-electron chi connectivity index (χ3n) is 2.25. The van der Waals surface area contributed by atoms with Crippen LogP contribution < -0.4 is 5.32 Å². The Morgan fingerprint density at radius 3 is 2.64 bits per heavy atom. The molecular formula is C10H15NO2Si. The van der Waals surface area contributed by atoms with Gasteiger partial charge in [0, 0.05) is 5.32 Å². The number of rotatable bonds is 2. The van der Waals surface area contributed by atoms with Crippen molar-refractivity contribution in [1.29, 1.82) is 0 Å². The van der Waals surface area contributed by atoms with E-state index in [1.54, 1.807) is 0 Å². The van der Waals surface area contributed by atoms with Crippen LogP contribution in [-0.4, -0.2) is 27.0 Å². The van der Waals surface area contributed by atoms with Crippen LogP contribution in [0.15, 0.2) is 18.2 Å². The molecule has 0 amide bonds. The molecule has 0 aliphatic carbocycles. The second-order valence-electron chi connectivity index (χ2n) is 3.72. The number of ether oxygens (including phenoxy) is 2. The quantitative estimate of drug-likeness (QED) is 0.676. The predicted molar refractivity (Wildman–Crippen MR) is 57.4 cm³/mol. The molecule has 1 aliphatic rings. The monoisotopic (exact) mass is 209 g/mol. The molecule has 4 heteroatoms. The molecule has 1 saturated heterocycles. The van der Waals surface area contributed by atoms with Gasteiger partial charge in [-0.15, -0.1) is 0 Å². The lowest BCUT2D eigenvalue weighted by Crippen LogP contribution is -2.27. The first-order valence-electron chi connectivity index (χ1n) is 4.97. The first-order chi connectivity index (χ1) is 6.77. The second-order valence-corrected chi connectivity index (χ2v) is 6.62. The van der Waals surface area contributed by atoms with E-state index in [2.05, 4.69) is 24.1 Å². The van der Waals surface area contributed by atoms with E-state index in [9.17, 15) is 0 Å². The standard InChI is InChI=1S/C10H15NO2Si/c1-14(2)9-5-3-4-8(11-9)10-12-6-7-13-10/h3-5,10,14H,6-7H2,1-2H3. The molecule has 0 spiro atoms. The molecular weight excluding hydrogens is 194 g/mol. The highest BCUT2D eigenvalue weighted by Crippen LogP contribution is 2.20. The normalized spacial score (nSPS) is 17.9. The first kappa shape index (κ1) is 9.83. The van der Waals surface area contributed by atoms with Gasteiger partial charge in [0.1, 0.15) is 0 Å².